The van der Waals surface area contributed by atoms with Gasteiger partial charge < -0.3 is 10.6 Å². The summed E-state index contributed by atoms with van der Waals surface area (Å²) in [5, 5.41) is 13.4. The number of nitrogens with zero attached hydrogens (tertiary/aromatic N) is 1. The van der Waals surface area contributed by atoms with Gasteiger partial charge in [0, 0.05) is 17.5 Å². The van der Waals surface area contributed by atoms with Gasteiger partial charge in [-0.25, -0.2) is 4.98 Å². The van der Waals surface area contributed by atoms with Crippen molar-refractivity contribution < 1.29 is 9.59 Å². The Morgan fingerprint density at radius 3 is 2.85 bits per heavy atom. The van der Waals surface area contributed by atoms with E-state index < -0.39 is 0 Å². The molecule has 3 rings (SSSR count). The number of carbonyl (C=O) groups is 2. The summed E-state index contributed by atoms with van der Waals surface area (Å²) in [7, 11) is 0. The highest BCUT2D eigenvalue weighted by Crippen LogP contribution is 2.18. The average Bonchev–Trinajstić information content (AvgIpc) is 3.19. The van der Waals surface area contributed by atoms with E-state index in [1.807, 2.05) is 16.8 Å². The van der Waals surface area contributed by atoms with E-state index in [0.29, 0.717) is 21.7 Å². The monoisotopic (exact) mass is 436 g/mol. The highest BCUT2D eigenvalue weighted by molar-refractivity contribution is 7.14. The van der Waals surface area contributed by atoms with Crippen molar-refractivity contribution >= 4 is 64.4 Å². The molecule has 2 amide bonds. The fraction of sp³-hybridized carbons (Fsp3) is 0.438. The van der Waals surface area contributed by atoms with Gasteiger partial charge in [-0.3, -0.25) is 14.9 Å². The van der Waals surface area contributed by atoms with E-state index in [0.717, 1.165) is 19.4 Å². The van der Waals surface area contributed by atoms with Gasteiger partial charge in [0.05, 0.1) is 17.0 Å². The maximum Gasteiger partial charge on any atom is 0.267 e. The molecule has 2 aromatic heterocycles. The molecule has 0 bridgehead atoms. The van der Waals surface area contributed by atoms with Crippen molar-refractivity contribution in [1.82, 2.24) is 15.6 Å². The molecule has 6 nitrogen and oxygen atoms in total. The molecule has 0 spiro atoms. The van der Waals surface area contributed by atoms with Gasteiger partial charge in [0.1, 0.15) is 0 Å². The molecule has 0 aromatic carbocycles. The van der Waals surface area contributed by atoms with Crippen molar-refractivity contribution in [3.05, 3.63) is 33.5 Å². The quantitative estimate of drug-likeness (QED) is 0.672. The van der Waals surface area contributed by atoms with Crippen LogP contribution >= 0.6 is 47.5 Å². The van der Waals surface area contributed by atoms with E-state index in [1.54, 1.807) is 6.07 Å². The lowest BCUT2D eigenvalue weighted by Gasteiger charge is -2.28. The lowest BCUT2D eigenvalue weighted by atomic mass is 10.0. The maximum atomic E-state index is 12.2. The van der Waals surface area contributed by atoms with E-state index in [1.165, 1.54) is 22.7 Å². The second kappa shape index (κ2) is 10.8. The number of aromatic nitrogens is 1. The number of nitrogens with one attached hydrogen (secondary N) is 3. The molecule has 2 unspecified atom stereocenters. The standard InChI is InChI=1S/C16H20N4O2S2.2ClH/c1-10-7-11(4-5-17-10)18-14(21)8-12-9-24-16(19-12)20-15(22)13-3-2-6-23-13;;/h2-3,6,9-11,17H,4-5,7-8H2,1H3,(H,18,21)(H,19,20,22);2*1H. The van der Waals surface area contributed by atoms with Crippen LogP contribution in [0.3, 0.4) is 0 Å². The number of halogens is 2. The molecule has 1 aliphatic rings. The molecule has 3 N–H and O–H groups in total. The van der Waals surface area contributed by atoms with E-state index >= 15 is 0 Å². The number of thiazole rings is 1. The Kier molecular flexibility index (Phi) is 9.52. The average molecular weight is 437 g/mol. The van der Waals surface area contributed by atoms with E-state index in [9.17, 15) is 9.59 Å². The summed E-state index contributed by atoms with van der Waals surface area (Å²) >= 11 is 2.72. The topological polar surface area (TPSA) is 83.1 Å². The van der Waals surface area contributed by atoms with Crippen molar-refractivity contribution in [2.75, 3.05) is 11.9 Å². The van der Waals surface area contributed by atoms with E-state index in [4.69, 9.17) is 0 Å². The summed E-state index contributed by atoms with van der Waals surface area (Å²) in [6, 6.07) is 4.26. The summed E-state index contributed by atoms with van der Waals surface area (Å²) < 4.78 is 0. The number of hydrogen-bond donors (Lipinski definition) is 3. The molecule has 1 fully saturated rings. The number of amides is 2. The van der Waals surface area contributed by atoms with Gasteiger partial charge in [0.15, 0.2) is 5.13 Å². The molecule has 0 saturated carbocycles. The Morgan fingerprint density at radius 2 is 2.15 bits per heavy atom. The highest BCUT2D eigenvalue weighted by Gasteiger charge is 2.20. The Balaban J connectivity index is 0.00000169. The Hall–Kier alpha value is -1.19. The fourth-order valence-electron chi connectivity index (χ4n) is 2.72. The maximum absolute atomic E-state index is 12.2. The van der Waals surface area contributed by atoms with Crippen LogP contribution < -0.4 is 16.0 Å². The van der Waals surface area contributed by atoms with Crippen LogP contribution in [0.25, 0.3) is 0 Å². The van der Waals surface area contributed by atoms with Crippen LogP contribution in [0.15, 0.2) is 22.9 Å². The minimum Gasteiger partial charge on any atom is -0.353 e. The highest BCUT2D eigenvalue weighted by atomic mass is 35.5. The molecule has 10 heteroatoms. The van der Waals surface area contributed by atoms with Crippen LogP contribution in [0.2, 0.25) is 0 Å². The Labute approximate surface area is 173 Å². The molecule has 0 aliphatic carbocycles. The first-order valence-corrected chi connectivity index (χ1v) is 9.68. The number of rotatable bonds is 5. The SMILES string of the molecule is CC1CC(NC(=O)Cc2csc(NC(=O)c3cccs3)n2)CCN1.Cl.Cl. The molecule has 1 saturated heterocycles. The summed E-state index contributed by atoms with van der Waals surface area (Å²) in [6.45, 7) is 3.06. The first-order chi connectivity index (χ1) is 11.6. The molecule has 26 heavy (non-hydrogen) atoms. The molecule has 1 aliphatic heterocycles. The summed E-state index contributed by atoms with van der Waals surface area (Å²) in [5.74, 6) is -0.186. The predicted octanol–water partition coefficient (Wildman–Crippen LogP) is 3.10. The number of anilines is 1. The molecule has 3 heterocycles. The molecular formula is C16H22Cl2N4O2S2. The third-order valence-electron chi connectivity index (χ3n) is 3.85. The largest absolute Gasteiger partial charge is 0.353 e. The van der Waals surface area contributed by atoms with Gasteiger partial charge in [-0.05, 0) is 37.8 Å². The lowest BCUT2D eigenvalue weighted by Crippen LogP contribution is -2.46. The van der Waals surface area contributed by atoms with Gasteiger partial charge in [-0.1, -0.05) is 6.07 Å². The van der Waals surface area contributed by atoms with Gasteiger partial charge in [0.25, 0.3) is 5.91 Å². The third-order valence-corrected chi connectivity index (χ3v) is 5.52. The van der Waals surface area contributed by atoms with Gasteiger partial charge in [-0.2, -0.15) is 0 Å². The van der Waals surface area contributed by atoms with Crippen molar-refractivity contribution in [2.45, 2.75) is 38.3 Å². The first kappa shape index (κ1) is 22.9. The number of hydrogen-bond acceptors (Lipinski definition) is 6. The Bertz CT molecular complexity index is 709. The second-order valence-corrected chi connectivity index (χ2v) is 7.70. The van der Waals surface area contributed by atoms with Gasteiger partial charge in [0.2, 0.25) is 5.91 Å². The summed E-state index contributed by atoms with van der Waals surface area (Å²) in [5.41, 5.74) is 0.681. The van der Waals surface area contributed by atoms with Crippen LogP contribution in [0.5, 0.6) is 0 Å². The van der Waals surface area contributed by atoms with Crippen LogP contribution in [0, 0.1) is 0 Å². The smallest absolute Gasteiger partial charge is 0.267 e. The van der Waals surface area contributed by atoms with Crippen LogP contribution in [0.4, 0.5) is 5.13 Å². The first-order valence-electron chi connectivity index (χ1n) is 7.92. The molecular weight excluding hydrogens is 415 g/mol. The van der Waals surface area contributed by atoms with Crippen LogP contribution in [-0.4, -0.2) is 35.4 Å². The van der Waals surface area contributed by atoms with Crippen molar-refractivity contribution in [3.63, 3.8) is 0 Å². The van der Waals surface area contributed by atoms with Crippen LogP contribution in [-0.2, 0) is 11.2 Å². The van der Waals surface area contributed by atoms with Crippen molar-refractivity contribution in [3.8, 4) is 0 Å². The predicted molar refractivity (Wildman–Crippen MR) is 111 cm³/mol. The Morgan fingerprint density at radius 1 is 1.35 bits per heavy atom. The zero-order chi connectivity index (χ0) is 16.9. The lowest BCUT2D eigenvalue weighted by molar-refractivity contribution is -0.121. The van der Waals surface area contributed by atoms with Gasteiger partial charge >= 0.3 is 0 Å². The minimum absolute atomic E-state index is 0. The normalized spacial score (nSPS) is 19.0. The molecule has 0 radical (unpaired) electrons. The fourth-order valence-corrected chi connectivity index (χ4v) is 4.04. The number of thiophene rings is 1. The second-order valence-electron chi connectivity index (χ2n) is 5.90. The van der Waals surface area contributed by atoms with Crippen molar-refractivity contribution in [2.24, 2.45) is 0 Å². The number of carbonyl (C=O) groups excluding carboxylic acids is 2. The minimum atomic E-state index is -0.168. The molecule has 2 atom stereocenters. The summed E-state index contributed by atoms with van der Waals surface area (Å²) in [4.78, 5) is 29.1. The number of piperidine rings is 1. The van der Waals surface area contributed by atoms with E-state index in [2.05, 4.69) is 27.9 Å². The zero-order valence-corrected chi connectivity index (χ0v) is 17.5. The van der Waals surface area contributed by atoms with Crippen molar-refractivity contribution in [1.29, 1.82) is 0 Å². The zero-order valence-electron chi connectivity index (χ0n) is 14.2. The molecule has 144 valence electrons. The summed E-state index contributed by atoms with van der Waals surface area (Å²) in [6.07, 6.45) is 2.14. The third kappa shape index (κ3) is 6.51. The van der Waals surface area contributed by atoms with Gasteiger partial charge in [-0.15, -0.1) is 47.5 Å². The molecule has 2 aromatic rings. The van der Waals surface area contributed by atoms with E-state index in [-0.39, 0.29) is 49.1 Å². The van der Waals surface area contributed by atoms with Crippen LogP contribution in [0.1, 0.15) is 35.1 Å².